The summed E-state index contributed by atoms with van der Waals surface area (Å²) in [7, 11) is 0. The Morgan fingerprint density at radius 1 is 1.07 bits per heavy atom. The van der Waals surface area contributed by atoms with Crippen LogP contribution in [0.4, 0.5) is 25.8 Å². The molecule has 2 aromatic rings. The highest BCUT2D eigenvalue weighted by molar-refractivity contribution is 6.12. The molecule has 2 amide bonds. The standard InChI is InChI=1S/C20H18F2N4O2/c21-15-2-1-3-17-19(15)14(20(28)24-17)11-23-13-4-5-18(16(22)10-13)26-8-6-25(12-27)7-9-26/h1-5,10-12,14H,6-9H2,(H,24,28). The second kappa shape index (κ2) is 7.38. The van der Waals surface area contributed by atoms with Crippen LogP contribution in [0.25, 0.3) is 0 Å². The molecule has 0 aliphatic carbocycles. The van der Waals surface area contributed by atoms with Crippen molar-refractivity contribution in [3.8, 4) is 0 Å². The van der Waals surface area contributed by atoms with Crippen LogP contribution in [0.2, 0.25) is 0 Å². The fourth-order valence-electron chi connectivity index (χ4n) is 3.51. The summed E-state index contributed by atoms with van der Waals surface area (Å²) in [5, 5.41) is 2.62. The van der Waals surface area contributed by atoms with Crippen LogP contribution in [0.3, 0.4) is 0 Å². The Morgan fingerprint density at radius 3 is 2.57 bits per heavy atom. The lowest BCUT2D eigenvalue weighted by Gasteiger charge is -2.34. The number of anilines is 2. The number of fused-ring (bicyclic) bond motifs is 1. The van der Waals surface area contributed by atoms with Crippen LogP contribution < -0.4 is 10.2 Å². The summed E-state index contributed by atoms with van der Waals surface area (Å²) in [6.07, 6.45) is 2.13. The maximum atomic E-state index is 14.6. The molecular formula is C20H18F2N4O2. The highest BCUT2D eigenvalue weighted by atomic mass is 19.1. The maximum Gasteiger partial charge on any atom is 0.237 e. The number of carbonyl (C=O) groups excluding carboxylic acids is 2. The molecular weight excluding hydrogens is 366 g/mol. The molecule has 2 aromatic carbocycles. The average Bonchev–Trinajstić information content (AvgIpc) is 3.03. The number of piperazine rings is 1. The molecule has 0 spiro atoms. The van der Waals surface area contributed by atoms with Gasteiger partial charge in [-0.15, -0.1) is 0 Å². The molecule has 1 N–H and O–H groups in total. The highest BCUT2D eigenvalue weighted by Gasteiger charge is 2.31. The lowest BCUT2D eigenvalue weighted by Crippen LogP contribution is -2.46. The molecule has 6 nitrogen and oxygen atoms in total. The van der Waals surface area contributed by atoms with Gasteiger partial charge in [0.15, 0.2) is 0 Å². The van der Waals surface area contributed by atoms with Crippen LogP contribution in [0.5, 0.6) is 0 Å². The van der Waals surface area contributed by atoms with Crippen LogP contribution in [-0.2, 0) is 9.59 Å². The zero-order chi connectivity index (χ0) is 19.7. The molecule has 0 radical (unpaired) electrons. The van der Waals surface area contributed by atoms with Gasteiger partial charge >= 0.3 is 0 Å². The quantitative estimate of drug-likeness (QED) is 0.651. The first-order chi connectivity index (χ1) is 13.6. The van der Waals surface area contributed by atoms with Gasteiger partial charge in [-0.1, -0.05) is 6.07 Å². The minimum absolute atomic E-state index is 0.251. The average molecular weight is 384 g/mol. The van der Waals surface area contributed by atoms with Crippen molar-refractivity contribution in [3.05, 3.63) is 53.6 Å². The van der Waals surface area contributed by atoms with Crippen molar-refractivity contribution < 1.29 is 18.4 Å². The number of nitrogens with one attached hydrogen (secondary N) is 1. The Bertz CT molecular complexity index is 955. The molecule has 1 atom stereocenters. The van der Waals surface area contributed by atoms with Crippen LogP contribution in [-0.4, -0.2) is 49.6 Å². The minimum atomic E-state index is -0.852. The Balaban J connectivity index is 1.52. The smallest absolute Gasteiger partial charge is 0.237 e. The summed E-state index contributed by atoms with van der Waals surface area (Å²) in [5.41, 5.74) is 1.46. The van der Waals surface area contributed by atoms with Gasteiger partial charge in [0.05, 0.1) is 11.4 Å². The third kappa shape index (κ3) is 3.33. The molecule has 2 heterocycles. The summed E-state index contributed by atoms with van der Waals surface area (Å²) in [6.45, 7) is 2.20. The van der Waals surface area contributed by atoms with Crippen LogP contribution in [0.1, 0.15) is 11.5 Å². The number of amides is 2. The third-order valence-corrected chi connectivity index (χ3v) is 5.01. The topological polar surface area (TPSA) is 65.0 Å². The lowest BCUT2D eigenvalue weighted by molar-refractivity contribution is -0.118. The van der Waals surface area contributed by atoms with E-state index in [1.54, 1.807) is 23.1 Å². The van der Waals surface area contributed by atoms with Crippen molar-refractivity contribution in [2.24, 2.45) is 4.99 Å². The summed E-state index contributed by atoms with van der Waals surface area (Å²) in [6, 6.07) is 9.00. The first-order valence-electron chi connectivity index (χ1n) is 8.94. The number of halogens is 2. The van der Waals surface area contributed by atoms with Crippen LogP contribution in [0.15, 0.2) is 41.4 Å². The number of hydrogen-bond acceptors (Lipinski definition) is 4. The van der Waals surface area contributed by atoms with E-state index in [2.05, 4.69) is 10.3 Å². The monoisotopic (exact) mass is 384 g/mol. The van der Waals surface area contributed by atoms with E-state index < -0.39 is 17.6 Å². The van der Waals surface area contributed by atoms with Gasteiger partial charge in [0.1, 0.15) is 17.6 Å². The Labute approximate surface area is 160 Å². The Hall–Kier alpha value is -3.29. The van der Waals surface area contributed by atoms with Gasteiger partial charge in [0.2, 0.25) is 12.3 Å². The summed E-state index contributed by atoms with van der Waals surface area (Å²) in [5.74, 6) is -2.13. The molecule has 0 aromatic heterocycles. The van der Waals surface area contributed by atoms with Gasteiger partial charge in [-0.25, -0.2) is 8.78 Å². The van der Waals surface area contributed by atoms with E-state index in [4.69, 9.17) is 0 Å². The largest absolute Gasteiger partial charge is 0.366 e. The van der Waals surface area contributed by atoms with Crippen LogP contribution in [0, 0.1) is 11.6 Å². The summed E-state index contributed by atoms with van der Waals surface area (Å²) >= 11 is 0. The van der Waals surface area contributed by atoms with E-state index in [0.717, 1.165) is 6.41 Å². The molecule has 28 heavy (non-hydrogen) atoms. The number of benzene rings is 2. The number of aliphatic imine (C=N–C) groups is 1. The van der Waals surface area contributed by atoms with E-state index in [-0.39, 0.29) is 11.5 Å². The van der Waals surface area contributed by atoms with E-state index in [9.17, 15) is 18.4 Å². The predicted molar refractivity (Wildman–Crippen MR) is 102 cm³/mol. The van der Waals surface area contributed by atoms with E-state index >= 15 is 0 Å². The summed E-state index contributed by atoms with van der Waals surface area (Å²) in [4.78, 5) is 30.6. The molecule has 1 unspecified atom stereocenters. The van der Waals surface area contributed by atoms with Gasteiger partial charge in [-0.3, -0.25) is 14.6 Å². The molecule has 0 saturated carbocycles. The van der Waals surface area contributed by atoms with Gasteiger partial charge in [0.25, 0.3) is 0 Å². The molecule has 1 fully saturated rings. The van der Waals surface area contributed by atoms with Crippen molar-refractivity contribution in [2.45, 2.75) is 5.92 Å². The van der Waals surface area contributed by atoms with Crippen molar-refractivity contribution in [1.82, 2.24) is 4.90 Å². The molecule has 1 saturated heterocycles. The fraction of sp³-hybridized carbons (Fsp3) is 0.250. The Morgan fingerprint density at radius 2 is 1.86 bits per heavy atom. The first kappa shape index (κ1) is 18.1. The predicted octanol–water partition coefficient (Wildman–Crippen LogP) is 2.68. The first-order valence-corrected chi connectivity index (χ1v) is 8.94. The number of hydrogen-bond donors (Lipinski definition) is 1. The SMILES string of the molecule is O=CN1CCN(c2ccc(N=CC3C(=O)Nc4cccc(F)c43)cc2F)CC1. The second-order valence-corrected chi connectivity index (χ2v) is 6.71. The van der Waals surface area contributed by atoms with E-state index in [1.165, 1.54) is 24.4 Å². The van der Waals surface area contributed by atoms with Crippen molar-refractivity contribution >= 4 is 35.6 Å². The molecule has 8 heteroatoms. The zero-order valence-electron chi connectivity index (χ0n) is 14.9. The van der Waals surface area contributed by atoms with Gasteiger partial charge < -0.3 is 15.1 Å². The van der Waals surface area contributed by atoms with E-state index in [0.29, 0.717) is 43.2 Å². The number of nitrogens with zero attached hydrogens (tertiary/aromatic N) is 3. The van der Waals surface area contributed by atoms with Gasteiger partial charge in [-0.05, 0) is 24.3 Å². The maximum absolute atomic E-state index is 14.6. The minimum Gasteiger partial charge on any atom is -0.366 e. The van der Waals surface area contributed by atoms with Crippen LogP contribution >= 0.6 is 0 Å². The lowest BCUT2D eigenvalue weighted by atomic mass is 10.0. The molecule has 2 aliphatic heterocycles. The number of carbonyl (C=O) groups is 2. The second-order valence-electron chi connectivity index (χ2n) is 6.71. The van der Waals surface area contributed by atoms with Gasteiger partial charge in [0, 0.05) is 49.7 Å². The Kier molecular flexibility index (Phi) is 4.77. The number of rotatable bonds is 4. The summed E-state index contributed by atoms with van der Waals surface area (Å²) < 4.78 is 28.6. The van der Waals surface area contributed by atoms with Crippen molar-refractivity contribution in [1.29, 1.82) is 0 Å². The van der Waals surface area contributed by atoms with Crippen molar-refractivity contribution in [3.63, 3.8) is 0 Å². The fourth-order valence-corrected chi connectivity index (χ4v) is 3.51. The molecule has 0 bridgehead atoms. The normalized spacial score (nSPS) is 19.1. The molecule has 144 valence electrons. The zero-order valence-corrected chi connectivity index (χ0v) is 14.9. The highest BCUT2D eigenvalue weighted by Crippen LogP contribution is 2.34. The van der Waals surface area contributed by atoms with E-state index in [1.807, 2.05) is 4.90 Å². The molecule has 4 rings (SSSR count). The van der Waals surface area contributed by atoms with Gasteiger partial charge in [-0.2, -0.15) is 0 Å². The van der Waals surface area contributed by atoms with Crippen molar-refractivity contribution in [2.75, 3.05) is 36.4 Å². The molecule has 2 aliphatic rings. The third-order valence-electron chi connectivity index (χ3n) is 5.01.